The van der Waals surface area contributed by atoms with Crippen molar-refractivity contribution in [2.24, 2.45) is 5.92 Å². The minimum absolute atomic E-state index is 0.0109. The van der Waals surface area contributed by atoms with Gasteiger partial charge in [0, 0.05) is 10.5 Å². The summed E-state index contributed by atoms with van der Waals surface area (Å²) in [4.78, 5) is 11.1. The third kappa shape index (κ3) is 3.21. The van der Waals surface area contributed by atoms with E-state index in [1.54, 1.807) is 6.92 Å². The first-order chi connectivity index (χ1) is 9.22. The molecule has 0 spiro atoms. The van der Waals surface area contributed by atoms with Crippen LogP contribution in [0.1, 0.15) is 35.7 Å². The van der Waals surface area contributed by atoms with Crippen molar-refractivity contribution in [3.05, 3.63) is 27.7 Å². The van der Waals surface area contributed by atoms with Crippen LogP contribution in [0.15, 0.2) is 21.5 Å². The molecule has 2 N–H and O–H groups in total. The fourth-order valence-corrected chi connectivity index (χ4v) is 4.25. The molecule has 0 amide bonds. The van der Waals surface area contributed by atoms with E-state index in [0.29, 0.717) is 16.0 Å². The average molecular weight is 362 g/mol. The van der Waals surface area contributed by atoms with E-state index in [4.69, 9.17) is 5.11 Å². The molecule has 20 heavy (non-hydrogen) atoms. The second kappa shape index (κ2) is 5.46. The van der Waals surface area contributed by atoms with Gasteiger partial charge >= 0.3 is 5.97 Å². The van der Waals surface area contributed by atoms with Crippen molar-refractivity contribution >= 4 is 31.9 Å². The van der Waals surface area contributed by atoms with E-state index in [9.17, 15) is 13.2 Å². The van der Waals surface area contributed by atoms with Gasteiger partial charge in [-0.25, -0.2) is 17.9 Å². The van der Waals surface area contributed by atoms with Gasteiger partial charge in [0.1, 0.15) is 0 Å². The van der Waals surface area contributed by atoms with Gasteiger partial charge in [0.25, 0.3) is 0 Å². The number of carboxylic acid groups (broad SMARTS) is 1. The largest absolute Gasteiger partial charge is 0.478 e. The van der Waals surface area contributed by atoms with Crippen LogP contribution in [0.5, 0.6) is 0 Å². The van der Waals surface area contributed by atoms with Gasteiger partial charge < -0.3 is 5.11 Å². The summed E-state index contributed by atoms with van der Waals surface area (Å²) in [5.74, 6) is -0.770. The average Bonchev–Trinajstić information content (AvgIpc) is 3.15. The van der Waals surface area contributed by atoms with Crippen LogP contribution in [0.25, 0.3) is 0 Å². The van der Waals surface area contributed by atoms with Crippen LogP contribution in [-0.2, 0) is 10.0 Å². The Balaban J connectivity index is 2.41. The van der Waals surface area contributed by atoms with E-state index in [-0.39, 0.29) is 16.5 Å². The molecule has 0 bridgehead atoms. The number of sulfonamides is 1. The number of hydrogen-bond donors (Lipinski definition) is 2. The molecule has 1 aliphatic carbocycles. The molecular formula is C13H16BrNO4S. The van der Waals surface area contributed by atoms with Crippen molar-refractivity contribution in [1.82, 2.24) is 4.72 Å². The summed E-state index contributed by atoms with van der Waals surface area (Å²) in [5, 5.41) is 9.03. The summed E-state index contributed by atoms with van der Waals surface area (Å²) < 4.78 is 27.9. The number of hydrogen-bond acceptors (Lipinski definition) is 3. The van der Waals surface area contributed by atoms with Crippen LogP contribution in [0, 0.1) is 12.8 Å². The number of rotatable bonds is 5. The summed E-state index contributed by atoms with van der Waals surface area (Å²) in [7, 11) is -3.72. The van der Waals surface area contributed by atoms with Gasteiger partial charge in [0.15, 0.2) is 0 Å². The minimum Gasteiger partial charge on any atom is -0.478 e. The lowest BCUT2D eigenvalue weighted by Crippen LogP contribution is -2.34. The first-order valence-electron chi connectivity index (χ1n) is 6.28. The maximum atomic E-state index is 12.4. The normalized spacial score (nSPS) is 16.9. The van der Waals surface area contributed by atoms with Gasteiger partial charge in [-0.1, -0.05) is 15.9 Å². The molecule has 1 aliphatic rings. The van der Waals surface area contributed by atoms with E-state index < -0.39 is 16.0 Å². The summed E-state index contributed by atoms with van der Waals surface area (Å²) in [6.45, 7) is 3.48. The molecule has 0 aromatic heterocycles. The molecule has 1 fully saturated rings. The molecule has 7 heteroatoms. The highest BCUT2D eigenvalue weighted by atomic mass is 79.9. The highest BCUT2D eigenvalue weighted by Crippen LogP contribution is 2.33. The Bertz CT molecular complexity index is 653. The highest BCUT2D eigenvalue weighted by Gasteiger charge is 2.32. The molecule has 0 aliphatic heterocycles. The van der Waals surface area contributed by atoms with Crippen molar-refractivity contribution < 1.29 is 18.3 Å². The second-order valence-electron chi connectivity index (χ2n) is 5.13. The third-order valence-electron chi connectivity index (χ3n) is 3.50. The van der Waals surface area contributed by atoms with Crippen LogP contribution in [0.2, 0.25) is 0 Å². The van der Waals surface area contributed by atoms with Gasteiger partial charge in [0.2, 0.25) is 10.0 Å². The zero-order valence-corrected chi connectivity index (χ0v) is 13.6. The van der Waals surface area contributed by atoms with Crippen molar-refractivity contribution in [3.8, 4) is 0 Å². The molecule has 1 saturated carbocycles. The Kier molecular flexibility index (Phi) is 4.22. The summed E-state index contributed by atoms with van der Waals surface area (Å²) in [5.41, 5.74) is 0.451. The Morgan fingerprint density at radius 3 is 2.55 bits per heavy atom. The minimum atomic E-state index is -3.72. The summed E-state index contributed by atoms with van der Waals surface area (Å²) in [6, 6.07) is 2.47. The first kappa shape index (κ1) is 15.5. The van der Waals surface area contributed by atoms with Crippen molar-refractivity contribution in [1.29, 1.82) is 0 Å². The summed E-state index contributed by atoms with van der Waals surface area (Å²) in [6.07, 6.45) is 2.06. The zero-order chi connectivity index (χ0) is 15.1. The van der Waals surface area contributed by atoms with Crippen molar-refractivity contribution in [2.75, 3.05) is 0 Å². The molecule has 1 unspecified atom stereocenters. The van der Waals surface area contributed by atoms with Gasteiger partial charge in [-0.15, -0.1) is 0 Å². The number of halogens is 1. The number of aromatic carboxylic acids is 1. The van der Waals surface area contributed by atoms with Crippen LogP contribution < -0.4 is 4.72 Å². The summed E-state index contributed by atoms with van der Waals surface area (Å²) >= 11 is 3.21. The van der Waals surface area contributed by atoms with Crippen LogP contribution in [0.4, 0.5) is 0 Å². The van der Waals surface area contributed by atoms with E-state index in [1.165, 1.54) is 12.1 Å². The standard InChI is InChI=1S/C13H16BrNO4S/c1-7-11(14)5-10(13(16)17)6-12(7)20(18,19)15-8(2)9-3-4-9/h5-6,8-9,15H,3-4H2,1-2H3,(H,16,17). The first-order valence-corrected chi connectivity index (χ1v) is 8.56. The quantitative estimate of drug-likeness (QED) is 0.843. The van der Waals surface area contributed by atoms with E-state index in [2.05, 4.69) is 20.7 Å². The Hall–Kier alpha value is -0.920. The number of carboxylic acids is 1. The molecule has 5 nitrogen and oxygen atoms in total. The van der Waals surface area contributed by atoms with Gasteiger partial charge in [0.05, 0.1) is 10.5 Å². The SMILES string of the molecule is Cc1c(Br)cc(C(=O)O)cc1S(=O)(=O)NC(C)C1CC1. The van der Waals surface area contributed by atoms with Crippen LogP contribution in [-0.4, -0.2) is 25.5 Å². The predicted molar refractivity (Wildman–Crippen MR) is 78.3 cm³/mol. The number of nitrogens with one attached hydrogen (secondary N) is 1. The Morgan fingerprint density at radius 1 is 1.45 bits per heavy atom. The second-order valence-corrected chi connectivity index (χ2v) is 7.67. The third-order valence-corrected chi connectivity index (χ3v) is 6.01. The van der Waals surface area contributed by atoms with E-state index in [1.807, 2.05) is 6.92 Å². The van der Waals surface area contributed by atoms with Crippen molar-refractivity contribution in [3.63, 3.8) is 0 Å². The van der Waals surface area contributed by atoms with Crippen LogP contribution >= 0.6 is 15.9 Å². The van der Waals surface area contributed by atoms with Gasteiger partial charge in [-0.2, -0.15) is 0 Å². The highest BCUT2D eigenvalue weighted by molar-refractivity contribution is 9.10. The molecule has 1 atom stereocenters. The fourth-order valence-electron chi connectivity index (χ4n) is 2.06. The Morgan fingerprint density at radius 2 is 2.05 bits per heavy atom. The maximum absolute atomic E-state index is 12.4. The van der Waals surface area contributed by atoms with Gasteiger partial charge in [-0.05, 0) is 50.3 Å². The fraction of sp³-hybridized carbons (Fsp3) is 0.462. The molecule has 0 radical (unpaired) electrons. The lowest BCUT2D eigenvalue weighted by molar-refractivity contribution is 0.0696. The van der Waals surface area contributed by atoms with Gasteiger partial charge in [-0.3, -0.25) is 0 Å². The van der Waals surface area contributed by atoms with Crippen LogP contribution in [0.3, 0.4) is 0 Å². The molecule has 1 aromatic carbocycles. The predicted octanol–water partition coefficient (Wildman–Crippen LogP) is 2.53. The lowest BCUT2D eigenvalue weighted by Gasteiger charge is -2.16. The molecular weight excluding hydrogens is 346 g/mol. The molecule has 0 heterocycles. The number of benzene rings is 1. The maximum Gasteiger partial charge on any atom is 0.335 e. The monoisotopic (exact) mass is 361 g/mol. The lowest BCUT2D eigenvalue weighted by atomic mass is 10.1. The van der Waals surface area contributed by atoms with E-state index in [0.717, 1.165) is 12.8 Å². The molecule has 2 rings (SSSR count). The smallest absolute Gasteiger partial charge is 0.335 e. The molecule has 1 aromatic rings. The zero-order valence-electron chi connectivity index (χ0n) is 11.2. The molecule has 0 saturated heterocycles. The Labute approximate surface area is 126 Å². The topological polar surface area (TPSA) is 83.5 Å². The number of carbonyl (C=O) groups is 1. The van der Waals surface area contributed by atoms with Crippen molar-refractivity contribution in [2.45, 2.75) is 37.6 Å². The molecule has 110 valence electrons. The van der Waals surface area contributed by atoms with E-state index >= 15 is 0 Å².